The van der Waals surface area contributed by atoms with Crippen LogP contribution in [0.5, 0.6) is 11.5 Å². The molecule has 8 heteroatoms. The molecule has 0 spiro atoms. The number of carbonyl (C=O) groups is 3. The van der Waals surface area contributed by atoms with Gasteiger partial charge in [0.05, 0.1) is 6.04 Å². The van der Waals surface area contributed by atoms with Crippen molar-refractivity contribution in [3.05, 3.63) is 71.8 Å². The zero-order chi connectivity index (χ0) is 23.2. The number of nitrogens with zero attached hydrogens (tertiary/aromatic N) is 1. The molecule has 3 aromatic carbocycles. The van der Waals surface area contributed by atoms with E-state index >= 15 is 0 Å². The summed E-state index contributed by atoms with van der Waals surface area (Å²) in [5.74, 6) is 0.170. The summed E-state index contributed by atoms with van der Waals surface area (Å²) in [6.07, 6.45) is 0. The van der Waals surface area contributed by atoms with E-state index in [1.165, 1.54) is 0 Å². The van der Waals surface area contributed by atoms with Crippen molar-refractivity contribution in [3.63, 3.8) is 0 Å². The topological polar surface area (TPSA) is 97.0 Å². The summed E-state index contributed by atoms with van der Waals surface area (Å²) in [7, 11) is 0. The second-order valence-electron chi connectivity index (χ2n) is 8.41. The first-order valence-electron chi connectivity index (χ1n) is 10.7. The highest BCUT2D eigenvalue weighted by atomic mass is 16.7. The van der Waals surface area contributed by atoms with Crippen molar-refractivity contribution in [2.24, 2.45) is 0 Å². The fourth-order valence-corrected chi connectivity index (χ4v) is 4.23. The minimum atomic E-state index is -1.30. The average molecular weight is 445 g/mol. The molecule has 0 radical (unpaired) electrons. The Morgan fingerprint density at radius 1 is 1.06 bits per heavy atom. The van der Waals surface area contributed by atoms with Crippen LogP contribution in [-0.4, -0.2) is 36.1 Å². The Hall–Kier alpha value is -4.07. The van der Waals surface area contributed by atoms with Crippen LogP contribution in [0.4, 0.5) is 4.79 Å². The second-order valence-corrected chi connectivity index (χ2v) is 8.41. The molecular formula is C25H23N3O5. The lowest BCUT2D eigenvalue weighted by atomic mass is 9.91. The van der Waals surface area contributed by atoms with E-state index in [-0.39, 0.29) is 19.4 Å². The van der Waals surface area contributed by atoms with Crippen LogP contribution in [0.25, 0.3) is 10.8 Å². The van der Waals surface area contributed by atoms with Crippen LogP contribution in [0.15, 0.2) is 60.7 Å². The van der Waals surface area contributed by atoms with Crippen molar-refractivity contribution in [2.45, 2.75) is 25.4 Å². The predicted octanol–water partition coefficient (Wildman–Crippen LogP) is 3.21. The molecule has 3 aromatic rings. The molecule has 8 nitrogen and oxygen atoms in total. The summed E-state index contributed by atoms with van der Waals surface area (Å²) < 4.78 is 10.7. The van der Waals surface area contributed by atoms with Crippen molar-refractivity contribution in [1.82, 2.24) is 15.5 Å². The summed E-state index contributed by atoms with van der Waals surface area (Å²) in [4.78, 5) is 39.4. The van der Waals surface area contributed by atoms with Gasteiger partial charge in [-0.1, -0.05) is 42.5 Å². The third-order valence-corrected chi connectivity index (χ3v) is 6.18. The minimum Gasteiger partial charge on any atom is -0.454 e. The molecule has 0 bridgehead atoms. The number of fused-ring (bicyclic) bond motifs is 2. The van der Waals surface area contributed by atoms with Gasteiger partial charge in [0.1, 0.15) is 12.1 Å². The van der Waals surface area contributed by atoms with Crippen molar-refractivity contribution in [2.75, 3.05) is 13.3 Å². The van der Waals surface area contributed by atoms with Crippen LogP contribution in [0, 0.1) is 0 Å². The van der Waals surface area contributed by atoms with Crippen molar-refractivity contribution < 1.29 is 23.9 Å². The SMILES string of the molecule is CC(NC(=O)CN1C(=O)NC(C)(c2ccc3c(c2)OCO3)C1=O)c1ccc2ccccc2c1. The summed E-state index contributed by atoms with van der Waals surface area (Å²) >= 11 is 0. The monoisotopic (exact) mass is 445 g/mol. The van der Waals surface area contributed by atoms with Gasteiger partial charge in [0, 0.05) is 0 Å². The van der Waals surface area contributed by atoms with Crippen LogP contribution < -0.4 is 20.1 Å². The molecule has 168 valence electrons. The van der Waals surface area contributed by atoms with E-state index in [0.29, 0.717) is 17.1 Å². The van der Waals surface area contributed by atoms with Gasteiger partial charge < -0.3 is 20.1 Å². The van der Waals surface area contributed by atoms with Crippen molar-refractivity contribution in [3.8, 4) is 11.5 Å². The summed E-state index contributed by atoms with van der Waals surface area (Å²) in [5, 5.41) is 7.78. The number of benzene rings is 3. The van der Waals surface area contributed by atoms with E-state index in [4.69, 9.17) is 9.47 Å². The molecule has 2 aliphatic heterocycles. The van der Waals surface area contributed by atoms with Gasteiger partial charge >= 0.3 is 6.03 Å². The largest absolute Gasteiger partial charge is 0.454 e. The number of urea groups is 1. The Kier molecular flexibility index (Phi) is 4.92. The van der Waals surface area contributed by atoms with Gasteiger partial charge in [-0.25, -0.2) is 4.79 Å². The quantitative estimate of drug-likeness (QED) is 0.588. The molecule has 2 aliphatic rings. The van der Waals surface area contributed by atoms with E-state index in [1.807, 2.05) is 49.4 Å². The molecule has 0 saturated carbocycles. The van der Waals surface area contributed by atoms with Crippen molar-refractivity contribution in [1.29, 1.82) is 0 Å². The summed E-state index contributed by atoms with van der Waals surface area (Å²) in [6.45, 7) is 3.21. The smallest absolute Gasteiger partial charge is 0.325 e. The minimum absolute atomic E-state index is 0.109. The Morgan fingerprint density at radius 2 is 1.82 bits per heavy atom. The second kappa shape index (κ2) is 7.81. The lowest BCUT2D eigenvalue weighted by molar-refractivity contribution is -0.135. The number of imide groups is 1. The molecule has 5 rings (SSSR count). The van der Waals surface area contributed by atoms with E-state index in [1.54, 1.807) is 25.1 Å². The van der Waals surface area contributed by atoms with Crippen LogP contribution >= 0.6 is 0 Å². The number of carbonyl (C=O) groups excluding carboxylic acids is 3. The summed E-state index contributed by atoms with van der Waals surface area (Å²) in [6, 6.07) is 18.1. The normalized spacial score (nSPS) is 20.1. The fourth-order valence-electron chi connectivity index (χ4n) is 4.23. The molecule has 2 unspecified atom stereocenters. The lowest BCUT2D eigenvalue weighted by Crippen LogP contribution is -2.43. The first kappa shape index (κ1) is 20.8. The van der Waals surface area contributed by atoms with Gasteiger partial charge in [0.15, 0.2) is 11.5 Å². The molecule has 2 atom stereocenters. The molecule has 33 heavy (non-hydrogen) atoms. The first-order valence-corrected chi connectivity index (χ1v) is 10.7. The van der Waals surface area contributed by atoms with Gasteiger partial charge in [-0.05, 0) is 53.9 Å². The number of hydrogen-bond donors (Lipinski definition) is 2. The molecule has 0 aliphatic carbocycles. The standard InChI is InChI=1S/C25H23N3O5/c1-15(17-8-7-16-5-3-4-6-18(16)11-17)26-22(29)13-28-23(30)25(2,27-24(28)31)19-9-10-20-21(12-19)33-14-32-20/h3-12,15H,13-14H2,1-2H3,(H,26,29)(H,27,31). The number of ether oxygens (including phenoxy) is 2. The maximum atomic E-state index is 13.2. The fraction of sp³-hybridized carbons (Fsp3) is 0.240. The molecule has 2 N–H and O–H groups in total. The highest BCUT2D eigenvalue weighted by molar-refractivity contribution is 6.09. The maximum Gasteiger partial charge on any atom is 0.325 e. The van der Waals surface area contributed by atoms with E-state index in [9.17, 15) is 14.4 Å². The molecule has 4 amide bonds. The van der Waals surface area contributed by atoms with Crippen molar-refractivity contribution >= 4 is 28.6 Å². The highest BCUT2D eigenvalue weighted by Crippen LogP contribution is 2.37. The first-order chi connectivity index (χ1) is 15.8. The number of nitrogens with one attached hydrogen (secondary N) is 2. The highest BCUT2D eigenvalue weighted by Gasteiger charge is 2.50. The van der Waals surface area contributed by atoms with E-state index in [2.05, 4.69) is 10.6 Å². The average Bonchev–Trinajstić information content (AvgIpc) is 3.37. The van der Waals surface area contributed by atoms with E-state index < -0.39 is 23.4 Å². The van der Waals surface area contributed by atoms with Gasteiger partial charge in [0.2, 0.25) is 12.7 Å². The Labute approximate surface area is 190 Å². The maximum absolute atomic E-state index is 13.2. The zero-order valence-corrected chi connectivity index (χ0v) is 18.3. The predicted molar refractivity (Wildman–Crippen MR) is 121 cm³/mol. The number of rotatable bonds is 5. The molecule has 0 aromatic heterocycles. The lowest BCUT2D eigenvalue weighted by Gasteiger charge is -2.22. The van der Waals surface area contributed by atoms with Gasteiger partial charge in [-0.3, -0.25) is 14.5 Å². The molecular weight excluding hydrogens is 422 g/mol. The third kappa shape index (κ3) is 3.63. The van der Waals surface area contributed by atoms with Gasteiger partial charge in [-0.2, -0.15) is 0 Å². The van der Waals surface area contributed by atoms with Gasteiger partial charge in [-0.15, -0.1) is 0 Å². The molecule has 2 heterocycles. The van der Waals surface area contributed by atoms with Crippen LogP contribution in [0.2, 0.25) is 0 Å². The Bertz CT molecular complexity index is 1290. The number of hydrogen-bond acceptors (Lipinski definition) is 5. The van der Waals surface area contributed by atoms with Gasteiger partial charge in [0.25, 0.3) is 5.91 Å². The number of amides is 4. The Balaban J connectivity index is 1.29. The third-order valence-electron chi connectivity index (χ3n) is 6.18. The van der Waals surface area contributed by atoms with E-state index in [0.717, 1.165) is 21.2 Å². The summed E-state index contributed by atoms with van der Waals surface area (Å²) in [5.41, 5.74) is 0.185. The molecule has 1 saturated heterocycles. The van der Waals surface area contributed by atoms with Crippen LogP contribution in [0.1, 0.15) is 31.0 Å². The van der Waals surface area contributed by atoms with Crippen LogP contribution in [-0.2, 0) is 15.1 Å². The molecule has 1 fully saturated rings. The Morgan fingerprint density at radius 3 is 2.64 bits per heavy atom. The van der Waals surface area contributed by atoms with Crippen LogP contribution in [0.3, 0.4) is 0 Å². The zero-order valence-electron chi connectivity index (χ0n) is 18.3.